The molecule has 0 bridgehead atoms. The van der Waals surface area contributed by atoms with Gasteiger partial charge in [-0.05, 0) is 18.8 Å². The average Bonchev–Trinajstić information content (AvgIpc) is 2.03. The standard InChI is InChI=1S/C10H21NO2/c1-4-5-6-10(11(12)13)8-7-9(2)3/h9-10H,4-8H2,1-3H3. The first-order valence-electron chi connectivity index (χ1n) is 5.21. The van der Waals surface area contributed by atoms with Crippen LogP contribution in [0.1, 0.15) is 52.9 Å². The highest BCUT2D eigenvalue weighted by molar-refractivity contribution is 4.58. The van der Waals surface area contributed by atoms with Gasteiger partial charge >= 0.3 is 0 Å². The van der Waals surface area contributed by atoms with Gasteiger partial charge in [0, 0.05) is 17.8 Å². The van der Waals surface area contributed by atoms with E-state index in [9.17, 15) is 10.1 Å². The summed E-state index contributed by atoms with van der Waals surface area (Å²) in [5.41, 5.74) is 0. The monoisotopic (exact) mass is 187 g/mol. The van der Waals surface area contributed by atoms with E-state index in [2.05, 4.69) is 20.8 Å². The van der Waals surface area contributed by atoms with E-state index in [1.807, 2.05) is 0 Å². The smallest absolute Gasteiger partial charge is 0.213 e. The molecule has 0 aliphatic rings. The van der Waals surface area contributed by atoms with Crippen molar-refractivity contribution in [3.05, 3.63) is 10.1 Å². The molecule has 3 nitrogen and oxygen atoms in total. The van der Waals surface area contributed by atoms with Crippen LogP contribution < -0.4 is 0 Å². The molecular weight excluding hydrogens is 166 g/mol. The Morgan fingerprint density at radius 2 is 1.85 bits per heavy atom. The van der Waals surface area contributed by atoms with Crippen molar-refractivity contribution in [2.24, 2.45) is 5.92 Å². The highest BCUT2D eigenvalue weighted by Gasteiger charge is 2.18. The van der Waals surface area contributed by atoms with Gasteiger partial charge in [-0.2, -0.15) is 0 Å². The molecule has 0 heterocycles. The zero-order chi connectivity index (χ0) is 10.3. The number of nitrogens with zero attached hydrogens (tertiary/aromatic N) is 1. The van der Waals surface area contributed by atoms with Crippen molar-refractivity contribution < 1.29 is 4.92 Å². The maximum Gasteiger partial charge on any atom is 0.213 e. The van der Waals surface area contributed by atoms with E-state index in [0.717, 1.165) is 32.1 Å². The minimum atomic E-state index is -0.303. The van der Waals surface area contributed by atoms with Crippen molar-refractivity contribution in [1.82, 2.24) is 0 Å². The Kier molecular flexibility index (Phi) is 6.55. The zero-order valence-corrected chi connectivity index (χ0v) is 8.95. The van der Waals surface area contributed by atoms with Crippen LogP contribution in [0.3, 0.4) is 0 Å². The largest absolute Gasteiger partial charge is 0.264 e. The van der Waals surface area contributed by atoms with Crippen LogP contribution in [0.4, 0.5) is 0 Å². The Morgan fingerprint density at radius 3 is 2.23 bits per heavy atom. The number of nitro groups is 1. The van der Waals surface area contributed by atoms with Crippen molar-refractivity contribution in [2.45, 2.75) is 58.9 Å². The third-order valence-electron chi connectivity index (χ3n) is 2.27. The minimum absolute atomic E-state index is 0.113. The van der Waals surface area contributed by atoms with Crippen molar-refractivity contribution in [3.63, 3.8) is 0 Å². The lowest BCUT2D eigenvalue weighted by Gasteiger charge is -2.09. The average molecular weight is 187 g/mol. The summed E-state index contributed by atoms with van der Waals surface area (Å²) < 4.78 is 0. The van der Waals surface area contributed by atoms with Gasteiger partial charge < -0.3 is 0 Å². The SMILES string of the molecule is CCCCC(CCC(C)C)[N+](=O)[O-]. The second kappa shape index (κ2) is 6.87. The number of hydrogen-bond acceptors (Lipinski definition) is 2. The fourth-order valence-electron chi connectivity index (χ4n) is 1.32. The lowest BCUT2D eigenvalue weighted by Crippen LogP contribution is -2.19. The van der Waals surface area contributed by atoms with Gasteiger partial charge in [-0.3, -0.25) is 10.1 Å². The molecule has 0 aromatic rings. The van der Waals surface area contributed by atoms with Gasteiger partial charge in [0.1, 0.15) is 0 Å². The molecule has 0 saturated heterocycles. The summed E-state index contributed by atoms with van der Waals surface area (Å²) in [7, 11) is 0. The summed E-state index contributed by atoms with van der Waals surface area (Å²) in [5.74, 6) is 0.573. The van der Waals surface area contributed by atoms with Crippen LogP contribution in [0.25, 0.3) is 0 Å². The van der Waals surface area contributed by atoms with Crippen LogP contribution in [0, 0.1) is 16.0 Å². The van der Waals surface area contributed by atoms with Crippen LogP contribution in [0.5, 0.6) is 0 Å². The predicted octanol–water partition coefficient (Wildman–Crippen LogP) is 3.26. The third-order valence-corrected chi connectivity index (χ3v) is 2.27. The van der Waals surface area contributed by atoms with E-state index in [1.165, 1.54) is 0 Å². The lowest BCUT2D eigenvalue weighted by atomic mass is 10.00. The summed E-state index contributed by atoms with van der Waals surface area (Å²) >= 11 is 0. The van der Waals surface area contributed by atoms with Gasteiger partial charge in [0.15, 0.2) is 0 Å². The van der Waals surface area contributed by atoms with Gasteiger partial charge in [-0.1, -0.05) is 27.2 Å². The molecule has 0 spiro atoms. The Bertz CT molecular complexity index is 146. The Morgan fingerprint density at radius 1 is 1.23 bits per heavy atom. The van der Waals surface area contributed by atoms with Crippen LogP contribution >= 0.6 is 0 Å². The van der Waals surface area contributed by atoms with Crippen LogP contribution in [-0.2, 0) is 0 Å². The molecule has 0 amide bonds. The highest BCUT2D eigenvalue weighted by atomic mass is 16.6. The van der Waals surface area contributed by atoms with E-state index < -0.39 is 0 Å². The normalized spacial score (nSPS) is 13.2. The highest BCUT2D eigenvalue weighted by Crippen LogP contribution is 2.13. The lowest BCUT2D eigenvalue weighted by molar-refractivity contribution is -0.524. The molecule has 0 fully saturated rings. The number of hydrogen-bond donors (Lipinski definition) is 0. The van der Waals surface area contributed by atoms with E-state index in [4.69, 9.17) is 0 Å². The van der Waals surface area contributed by atoms with E-state index in [1.54, 1.807) is 0 Å². The van der Waals surface area contributed by atoms with Gasteiger partial charge in [0.25, 0.3) is 0 Å². The molecule has 0 aliphatic carbocycles. The first-order valence-corrected chi connectivity index (χ1v) is 5.21. The maximum atomic E-state index is 10.6. The maximum absolute atomic E-state index is 10.6. The van der Waals surface area contributed by atoms with Gasteiger partial charge in [-0.25, -0.2) is 0 Å². The van der Waals surface area contributed by atoms with Gasteiger partial charge in [0.05, 0.1) is 0 Å². The number of rotatable bonds is 7. The van der Waals surface area contributed by atoms with Crippen LogP contribution in [-0.4, -0.2) is 11.0 Å². The second-order valence-electron chi connectivity index (χ2n) is 4.05. The molecule has 13 heavy (non-hydrogen) atoms. The third kappa shape index (κ3) is 6.55. The quantitative estimate of drug-likeness (QED) is 0.453. The molecule has 1 atom stereocenters. The van der Waals surface area contributed by atoms with E-state index in [0.29, 0.717) is 5.92 Å². The molecule has 0 aromatic carbocycles. The fourth-order valence-corrected chi connectivity index (χ4v) is 1.32. The zero-order valence-electron chi connectivity index (χ0n) is 8.95. The molecule has 3 heteroatoms. The van der Waals surface area contributed by atoms with Crippen molar-refractivity contribution in [2.75, 3.05) is 0 Å². The number of unbranched alkanes of at least 4 members (excludes halogenated alkanes) is 1. The molecule has 1 unspecified atom stereocenters. The Labute approximate surface area is 80.7 Å². The van der Waals surface area contributed by atoms with E-state index >= 15 is 0 Å². The summed E-state index contributed by atoms with van der Waals surface area (Å²) in [4.78, 5) is 10.5. The Hall–Kier alpha value is -0.600. The molecule has 0 rings (SSSR count). The van der Waals surface area contributed by atoms with Gasteiger partial charge in [-0.15, -0.1) is 0 Å². The summed E-state index contributed by atoms with van der Waals surface area (Å²) in [6.07, 6.45) is 4.48. The summed E-state index contributed by atoms with van der Waals surface area (Å²) in [6, 6.07) is -0.303. The predicted molar refractivity (Wildman–Crippen MR) is 54.4 cm³/mol. The molecule has 0 aromatic heterocycles. The molecule has 78 valence electrons. The van der Waals surface area contributed by atoms with Gasteiger partial charge in [0.2, 0.25) is 6.04 Å². The molecule has 0 N–H and O–H groups in total. The summed E-state index contributed by atoms with van der Waals surface area (Å²) in [5, 5.41) is 10.6. The van der Waals surface area contributed by atoms with Crippen molar-refractivity contribution >= 4 is 0 Å². The topological polar surface area (TPSA) is 43.1 Å². The first kappa shape index (κ1) is 12.4. The van der Waals surface area contributed by atoms with Crippen LogP contribution in [0.2, 0.25) is 0 Å². The Balaban J connectivity index is 3.74. The van der Waals surface area contributed by atoms with Crippen molar-refractivity contribution in [3.8, 4) is 0 Å². The minimum Gasteiger partial charge on any atom is -0.264 e. The van der Waals surface area contributed by atoms with E-state index in [-0.39, 0.29) is 11.0 Å². The molecule has 0 saturated carbocycles. The molecular formula is C10H21NO2. The molecule has 0 aliphatic heterocycles. The van der Waals surface area contributed by atoms with Crippen LogP contribution in [0.15, 0.2) is 0 Å². The van der Waals surface area contributed by atoms with Crippen molar-refractivity contribution in [1.29, 1.82) is 0 Å². The fraction of sp³-hybridized carbons (Fsp3) is 1.00. The summed E-state index contributed by atoms with van der Waals surface area (Å²) in [6.45, 7) is 6.28. The molecule has 0 radical (unpaired) electrons. The first-order chi connectivity index (χ1) is 6.07. The second-order valence-corrected chi connectivity index (χ2v) is 4.05.